The highest BCUT2D eigenvalue weighted by Crippen LogP contribution is 2.40. The van der Waals surface area contributed by atoms with Crippen molar-refractivity contribution in [3.63, 3.8) is 0 Å². The van der Waals surface area contributed by atoms with Crippen LogP contribution in [0.25, 0.3) is 0 Å². The molecule has 2 amide bonds. The van der Waals surface area contributed by atoms with Crippen LogP contribution in [0.3, 0.4) is 0 Å². The second-order valence-electron chi connectivity index (χ2n) is 8.27. The molecule has 1 N–H and O–H groups in total. The van der Waals surface area contributed by atoms with E-state index in [-0.39, 0.29) is 17.7 Å². The Labute approximate surface area is 190 Å². The van der Waals surface area contributed by atoms with Gasteiger partial charge < -0.3 is 15.0 Å². The van der Waals surface area contributed by atoms with Gasteiger partial charge in [0, 0.05) is 24.7 Å². The molecule has 6 nitrogen and oxygen atoms in total. The van der Waals surface area contributed by atoms with E-state index in [1.54, 1.807) is 17.2 Å². The van der Waals surface area contributed by atoms with E-state index in [9.17, 15) is 9.59 Å². The zero-order valence-electron chi connectivity index (χ0n) is 19.2. The number of benzene rings is 1. The lowest BCUT2D eigenvalue weighted by atomic mass is 9.82. The molecule has 170 valence electrons. The van der Waals surface area contributed by atoms with Gasteiger partial charge >= 0.3 is 0 Å². The molecule has 32 heavy (non-hydrogen) atoms. The first-order valence-electron chi connectivity index (χ1n) is 11.1. The predicted octanol–water partition coefficient (Wildman–Crippen LogP) is 3.65. The van der Waals surface area contributed by atoms with Crippen LogP contribution >= 0.6 is 0 Å². The van der Waals surface area contributed by atoms with E-state index in [0.29, 0.717) is 31.0 Å². The van der Waals surface area contributed by atoms with Crippen LogP contribution in [0.4, 0.5) is 5.69 Å². The maximum atomic E-state index is 13.9. The van der Waals surface area contributed by atoms with Crippen molar-refractivity contribution in [2.75, 3.05) is 32.1 Å². The summed E-state index contributed by atoms with van der Waals surface area (Å²) in [6, 6.07) is 8.42. The summed E-state index contributed by atoms with van der Waals surface area (Å²) < 4.78 is 6.08. The summed E-state index contributed by atoms with van der Waals surface area (Å²) in [4.78, 5) is 31.1. The molecule has 0 saturated carbocycles. The van der Waals surface area contributed by atoms with Gasteiger partial charge in [-0.2, -0.15) is 0 Å². The summed E-state index contributed by atoms with van der Waals surface area (Å²) in [5.41, 5.74) is 1.62. The summed E-state index contributed by atoms with van der Waals surface area (Å²) in [6.07, 6.45) is 10.7. The summed E-state index contributed by atoms with van der Waals surface area (Å²) >= 11 is 0. The normalized spacial score (nSPS) is 23.6. The number of carbonyl (C=O) groups excluding carboxylic acids is 2. The Hall–Kier alpha value is -3.12. The van der Waals surface area contributed by atoms with Gasteiger partial charge in [0.1, 0.15) is 5.76 Å². The van der Waals surface area contributed by atoms with E-state index in [0.717, 1.165) is 12.0 Å². The molecule has 0 bridgehead atoms. The average molecular weight is 436 g/mol. The molecular weight excluding hydrogens is 402 g/mol. The Morgan fingerprint density at radius 3 is 2.69 bits per heavy atom. The number of nitrogens with one attached hydrogen (secondary N) is 1. The third kappa shape index (κ3) is 5.02. The van der Waals surface area contributed by atoms with E-state index in [4.69, 9.17) is 4.74 Å². The standard InChI is InChI=1S/C26H33N3O3/c1-5-12-21-20(6-2)26(31)29(19-13-8-7-9-14-19)23(25(30)27-16-17-28(3)4)24-22(21)15-10-11-18-32-24/h5-9,11-14,18,20-21,23H,2,10,15-17H2,1,3-4H3,(H,27,30)/b12-5-. The van der Waals surface area contributed by atoms with Crippen LogP contribution in [0.15, 0.2) is 78.8 Å². The molecule has 0 radical (unpaired) electrons. The number of rotatable bonds is 7. The Kier molecular flexibility index (Phi) is 8.06. The molecule has 0 fully saturated rings. The molecule has 1 aromatic carbocycles. The average Bonchev–Trinajstić information content (AvgIpc) is 3.07. The van der Waals surface area contributed by atoms with E-state index < -0.39 is 12.0 Å². The first kappa shape index (κ1) is 23.5. The van der Waals surface area contributed by atoms with Gasteiger partial charge in [-0.05, 0) is 57.6 Å². The number of hydrogen-bond acceptors (Lipinski definition) is 4. The highest BCUT2D eigenvalue weighted by atomic mass is 16.5. The number of hydrogen-bond donors (Lipinski definition) is 1. The van der Waals surface area contributed by atoms with Gasteiger partial charge in [0.25, 0.3) is 5.91 Å². The summed E-state index contributed by atoms with van der Waals surface area (Å²) in [5, 5.41) is 3.01. The smallest absolute Gasteiger partial charge is 0.251 e. The topological polar surface area (TPSA) is 61.9 Å². The van der Waals surface area contributed by atoms with Crippen LogP contribution in [0.1, 0.15) is 19.8 Å². The van der Waals surface area contributed by atoms with Crippen molar-refractivity contribution in [3.05, 3.63) is 78.8 Å². The Bertz CT molecular complexity index is 918. The lowest BCUT2D eigenvalue weighted by molar-refractivity contribution is -0.127. The molecule has 2 aliphatic rings. The Morgan fingerprint density at radius 1 is 1.28 bits per heavy atom. The van der Waals surface area contributed by atoms with Crippen LogP contribution in [-0.2, 0) is 14.3 Å². The van der Waals surface area contributed by atoms with Gasteiger partial charge in [-0.1, -0.05) is 36.4 Å². The van der Waals surface area contributed by atoms with Crippen molar-refractivity contribution < 1.29 is 14.3 Å². The van der Waals surface area contributed by atoms with E-state index in [2.05, 4.69) is 11.9 Å². The van der Waals surface area contributed by atoms with Crippen molar-refractivity contribution in [2.45, 2.75) is 25.8 Å². The molecule has 1 aromatic rings. The van der Waals surface area contributed by atoms with E-state index >= 15 is 0 Å². The van der Waals surface area contributed by atoms with Crippen LogP contribution in [0.2, 0.25) is 0 Å². The van der Waals surface area contributed by atoms with Gasteiger partial charge in [-0.25, -0.2) is 0 Å². The molecule has 0 aliphatic carbocycles. The summed E-state index contributed by atoms with van der Waals surface area (Å²) in [6.45, 7) is 7.08. The first-order chi connectivity index (χ1) is 15.5. The third-order valence-electron chi connectivity index (χ3n) is 5.80. The zero-order valence-corrected chi connectivity index (χ0v) is 19.2. The lowest BCUT2D eigenvalue weighted by Gasteiger charge is -2.32. The molecule has 3 unspecified atom stereocenters. The van der Waals surface area contributed by atoms with Crippen molar-refractivity contribution in [1.29, 1.82) is 0 Å². The highest BCUT2D eigenvalue weighted by molar-refractivity contribution is 6.05. The largest absolute Gasteiger partial charge is 0.467 e. The van der Waals surface area contributed by atoms with Gasteiger partial charge in [-0.15, -0.1) is 6.58 Å². The minimum Gasteiger partial charge on any atom is -0.467 e. The second-order valence-corrected chi connectivity index (χ2v) is 8.27. The molecule has 2 aliphatic heterocycles. The zero-order chi connectivity index (χ0) is 23.1. The Morgan fingerprint density at radius 2 is 2.03 bits per heavy atom. The van der Waals surface area contributed by atoms with Crippen LogP contribution < -0.4 is 10.2 Å². The van der Waals surface area contributed by atoms with Crippen molar-refractivity contribution in [2.24, 2.45) is 11.8 Å². The van der Waals surface area contributed by atoms with Crippen molar-refractivity contribution in [1.82, 2.24) is 10.2 Å². The first-order valence-corrected chi connectivity index (χ1v) is 11.1. The monoisotopic (exact) mass is 435 g/mol. The number of carbonyl (C=O) groups is 2. The number of nitrogens with zero attached hydrogens (tertiary/aromatic N) is 2. The highest BCUT2D eigenvalue weighted by Gasteiger charge is 2.45. The van der Waals surface area contributed by atoms with Crippen molar-refractivity contribution in [3.8, 4) is 0 Å². The quantitative estimate of drug-likeness (QED) is 0.664. The number of anilines is 1. The van der Waals surface area contributed by atoms with Gasteiger partial charge in [0.2, 0.25) is 5.91 Å². The SMILES string of the molecule is C=CC1C(=O)N(c2ccccc2)C(C(=O)NCCN(C)C)C2=C(CCC=CO2)C1/C=C\C. The Balaban J connectivity index is 2.18. The fourth-order valence-corrected chi connectivity index (χ4v) is 4.26. The molecule has 2 heterocycles. The van der Waals surface area contributed by atoms with Crippen LogP contribution in [0, 0.1) is 11.8 Å². The number of amides is 2. The number of ether oxygens (including phenoxy) is 1. The fourth-order valence-electron chi connectivity index (χ4n) is 4.26. The fraction of sp³-hybridized carbons (Fsp3) is 0.385. The van der Waals surface area contributed by atoms with Gasteiger partial charge in [-0.3, -0.25) is 14.5 Å². The molecular formula is C26H33N3O3. The minimum absolute atomic E-state index is 0.164. The summed E-state index contributed by atoms with van der Waals surface area (Å²) in [5.74, 6) is -0.604. The number of para-hydroxylation sites is 1. The van der Waals surface area contributed by atoms with E-state index in [1.165, 1.54) is 0 Å². The van der Waals surface area contributed by atoms with Gasteiger partial charge in [0.15, 0.2) is 6.04 Å². The van der Waals surface area contributed by atoms with E-state index in [1.807, 2.05) is 74.5 Å². The molecule has 3 rings (SSSR count). The molecule has 0 spiro atoms. The predicted molar refractivity (Wildman–Crippen MR) is 128 cm³/mol. The van der Waals surface area contributed by atoms with Crippen molar-refractivity contribution >= 4 is 17.5 Å². The number of allylic oxidation sites excluding steroid dienone is 4. The molecule has 0 saturated heterocycles. The third-order valence-corrected chi connectivity index (χ3v) is 5.80. The maximum Gasteiger partial charge on any atom is 0.251 e. The van der Waals surface area contributed by atoms with Crippen LogP contribution in [0.5, 0.6) is 0 Å². The van der Waals surface area contributed by atoms with Crippen LogP contribution in [-0.4, -0.2) is 49.9 Å². The van der Waals surface area contributed by atoms with Gasteiger partial charge in [0.05, 0.1) is 12.2 Å². The molecule has 0 aromatic heterocycles. The molecule has 6 heteroatoms. The molecule has 3 atom stereocenters. The minimum atomic E-state index is -0.900. The number of likely N-dealkylation sites (N-methyl/N-ethyl adjacent to an activating group) is 1. The maximum absolute atomic E-state index is 13.9. The summed E-state index contributed by atoms with van der Waals surface area (Å²) in [7, 11) is 3.90. The lowest BCUT2D eigenvalue weighted by Crippen LogP contribution is -2.52. The second kappa shape index (κ2) is 11.0.